The highest BCUT2D eigenvalue weighted by Gasteiger charge is 2.04. The molecule has 0 fully saturated rings. The maximum atomic E-state index is 6.02. The third-order valence-electron chi connectivity index (χ3n) is 2.19. The van der Waals surface area contributed by atoms with Gasteiger partial charge >= 0.3 is 0 Å². The summed E-state index contributed by atoms with van der Waals surface area (Å²) in [6.07, 6.45) is 1.73. The van der Waals surface area contributed by atoms with Crippen LogP contribution in [0.2, 0.25) is 5.02 Å². The van der Waals surface area contributed by atoms with Crippen LogP contribution < -0.4 is 0 Å². The lowest BCUT2D eigenvalue weighted by Gasteiger charge is -2.05. The van der Waals surface area contributed by atoms with E-state index in [1.165, 1.54) is 0 Å². The average molecular weight is 204 g/mol. The standard InChI is InChI=1S/C12H10ClN/c1-9-11(13)7-8-14-12(9)10-5-3-2-4-6-10/h2-8H,1H3. The predicted octanol–water partition coefficient (Wildman–Crippen LogP) is 3.71. The minimum Gasteiger partial charge on any atom is -0.256 e. The summed E-state index contributed by atoms with van der Waals surface area (Å²) < 4.78 is 0. The first-order valence-electron chi connectivity index (χ1n) is 4.45. The zero-order valence-corrected chi connectivity index (χ0v) is 8.62. The van der Waals surface area contributed by atoms with Crippen molar-refractivity contribution in [2.75, 3.05) is 0 Å². The maximum Gasteiger partial charge on any atom is 0.0745 e. The lowest BCUT2D eigenvalue weighted by Crippen LogP contribution is -1.87. The number of halogens is 1. The Morgan fingerprint density at radius 1 is 1.07 bits per heavy atom. The summed E-state index contributed by atoms with van der Waals surface area (Å²) in [5.74, 6) is 0. The van der Waals surface area contributed by atoms with E-state index in [9.17, 15) is 0 Å². The Kier molecular flexibility index (Phi) is 2.51. The number of aromatic nitrogens is 1. The smallest absolute Gasteiger partial charge is 0.0745 e. The van der Waals surface area contributed by atoms with Crippen molar-refractivity contribution in [2.45, 2.75) is 6.92 Å². The van der Waals surface area contributed by atoms with Crippen molar-refractivity contribution >= 4 is 11.6 Å². The van der Waals surface area contributed by atoms with E-state index in [4.69, 9.17) is 11.6 Å². The van der Waals surface area contributed by atoms with Crippen LogP contribution in [-0.4, -0.2) is 4.98 Å². The second-order valence-electron chi connectivity index (χ2n) is 3.13. The Morgan fingerprint density at radius 2 is 1.79 bits per heavy atom. The maximum absolute atomic E-state index is 6.02. The molecule has 0 aliphatic heterocycles. The van der Waals surface area contributed by atoms with Crippen molar-refractivity contribution in [3.63, 3.8) is 0 Å². The molecular weight excluding hydrogens is 194 g/mol. The molecule has 0 bridgehead atoms. The topological polar surface area (TPSA) is 12.9 Å². The first-order chi connectivity index (χ1) is 6.79. The van der Waals surface area contributed by atoms with Gasteiger partial charge in [-0.2, -0.15) is 0 Å². The molecule has 14 heavy (non-hydrogen) atoms. The van der Waals surface area contributed by atoms with Gasteiger partial charge in [0, 0.05) is 16.8 Å². The fourth-order valence-corrected chi connectivity index (χ4v) is 1.55. The van der Waals surface area contributed by atoms with Gasteiger partial charge in [-0.1, -0.05) is 41.9 Å². The normalized spacial score (nSPS) is 10.1. The monoisotopic (exact) mass is 203 g/mol. The van der Waals surface area contributed by atoms with E-state index in [1.807, 2.05) is 43.3 Å². The summed E-state index contributed by atoms with van der Waals surface area (Å²) in [4.78, 5) is 4.32. The van der Waals surface area contributed by atoms with Gasteiger partial charge in [-0.3, -0.25) is 4.98 Å². The molecule has 1 aromatic carbocycles. The molecule has 0 saturated heterocycles. The fraction of sp³-hybridized carbons (Fsp3) is 0.0833. The van der Waals surface area contributed by atoms with Crippen molar-refractivity contribution in [1.82, 2.24) is 4.98 Å². The Bertz CT molecular complexity index is 437. The fourth-order valence-electron chi connectivity index (χ4n) is 1.40. The van der Waals surface area contributed by atoms with Crippen LogP contribution >= 0.6 is 11.6 Å². The number of hydrogen-bond acceptors (Lipinski definition) is 1. The van der Waals surface area contributed by atoms with Crippen LogP contribution in [-0.2, 0) is 0 Å². The zero-order chi connectivity index (χ0) is 9.97. The van der Waals surface area contributed by atoms with Crippen LogP contribution in [0.1, 0.15) is 5.56 Å². The summed E-state index contributed by atoms with van der Waals surface area (Å²) in [6, 6.07) is 11.9. The van der Waals surface area contributed by atoms with E-state index >= 15 is 0 Å². The van der Waals surface area contributed by atoms with Crippen LogP contribution in [0.3, 0.4) is 0 Å². The number of nitrogens with zero attached hydrogens (tertiary/aromatic N) is 1. The molecule has 1 aromatic heterocycles. The molecule has 0 N–H and O–H groups in total. The molecule has 0 atom stereocenters. The highest BCUT2D eigenvalue weighted by Crippen LogP contribution is 2.25. The van der Waals surface area contributed by atoms with Gasteiger partial charge in [-0.05, 0) is 18.6 Å². The SMILES string of the molecule is Cc1c(Cl)ccnc1-c1ccccc1. The third kappa shape index (κ3) is 1.64. The third-order valence-corrected chi connectivity index (χ3v) is 2.59. The first-order valence-corrected chi connectivity index (χ1v) is 4.83. The quantitative estimate of drug-likeness (QED) is 0.689. The van der Waals surface area contributed by atoms with Crippen LogP contribution in [0.4, 0.5) is 0 Å². The molecule has 1 nitrogen and oxygen atoms in total. The van der Waals surface area contributed by atoms with E-state index in [2.05, 4.69) is 4.98 Å². The van der Waals surface area contributed by atoms with E-state index in [0.29, 0.717) is 0 Å². The molecule has 1 heterocycles. The van der Waals surface area contributed by atoms with Gasteiger partial charge in [-0.15, -0.1) is 0 Å². The van der Waals surface area contributed by atoms with Crippen LogP contribution in [0.15, 0.2) is 42.6 Å². The van der Waals surface area contributed by atoms with Gasteiger partial charge in [0.15, 0.2) is 0 Å². The van der Waals surface area contributed by atoms with Gasteiger partial charge in [-0.25, -0.2) is 0 Å². The highest BCUT2D eigenvalue weighted by molar-refractivity contribution is 6.31. The molecule has 2 aromatic rings. The molecule has 0 aliphatic rings. The Morgan fingerprint density at radius 3 is 2.50 bits per heavy atom. The van der Waals surface area contributed by atoms with E-state index < -0.39 is 0 Å². The molecule has 2 heteroatoms. The molecule has 0 aliphatic carbocycles. The number of hydrogen-bond donors (Lipinski definition) is 0. The molecule has 70 valence electrons. The van der Waals surface area contributed by atoms with Gasteiger partial charge in [0.1, 0.15) is 0 Å². The van der Waals surface area contributed by atoms with Crippen LogP contribution in [0.25, 0.3) is 11.3 Å². The Balaban J connectivity index is 2.58. The van der Waals surface area contributed by atoms with Crippen LogP contribution in [0, 0.1) is 6.92 Å². The van der Waals surface area contributed by atoms with Gasteiger partial charge in [0.25, 0.3) is 0 Å². The summed E-state index contributed by atoms with van der Waals surface area (Å²) in [6.45, 7) is 1.98. The van der Waals surface area contributed by atoms with Crippen molar-refractivity contribution in [1.29, 1.82) is 0 Å². The van der Waals surface area contributed by atoms with Crippen LogP contribution in [0.5, 0.6) is 0 Å². The number of rotatable bonds is 1. The predicted molar refractivity (Wildman–Crippen MR) is 59.4 cm³/mol. The molecule has 0 saturated carbocycles. The molecule has 0 radical (unpaired) electrons. The molecule has 0 amide bonds. The minimum atomic E-state index is 0.763. The van der Waals surface area contributed by atoms with E-state index in [1.54, 1.807) is 6.20 Å². The Labute approximate surface area is 88.4 Å². The van der Waals surface area contributed by atoms with Crippen molar-refractivity contribution < 1.29 is 0 Å². The number of pyridine rings is 1. The van der Waals surface area contributed by atoms with E-state index in [-0.39, 0.29) is 0 Å². The first kappa shape index (κ1) is 9.22. The largest absolute Gasteiger partial charge is 0.256 e. The highest BCUT2D eigenvalue weighted by atomic mass is 35.5. The number of benzene rings is 1. The van der Waals surface area contributed by atoms with Crippen molar-refractivity contribution in [2.24, 2.45) is 0 Å². The summed E-state index contributed by atoms with van der Waals surface area (Å²) in [5.41, 5.74) is 3.09. The summed E-state index contributed by atoms with van der Waals surface area (Å²) in [5, 5.41) is 0.763. The molecule has 0 unspecified atom stereocenters. The lowest BCUT2D eigenvalue weighted by atomic mass is 10.1. The second kappa shape index (κ2) is 3.81. The van der Waals surface area contributed by atoms with E-state index in [0.717, 1.165) is 21.8 Å². The zero-order valence-electron chi connectivity index (χ0n) is 7.87. The van der Waals surface area contributed by atoms with Crippen molar-refractivity contribution in [3.8, 4) is 11.3 Å². The second-order valence-corrected chi connectivity index (χ2v) is 3.54. The lowest BCUT2D eigenvalue weighted by molar-refractivity contribution is 1.27. The summed E-state index contributed by atoms with van der Waals surface area (Å²) >= 11 is 6.02. The van der Waals surface area contributed by atoms with Gasteiger partial charge in [0.05, 0.1) is 5.69 Å². The molecule has 2 rings (SSSR count). The molecule has 0 spiro atoms. The average Bonchev–Trinajstić information content (AvgIpc) is 2.23. The summed E-state index contributed by atoms with van der Waals surface area (Å²) in [7, 11) is 0. The Hall–Kier alpha value is -1.34. The minimum absolute atomic E-state index is 0.763. The molecular formula is C12H10ClN. The van der Waals surface area contributed by atoms with Crippen molar-refractivity contribution in [3.05, 3.63) is 53.2 Å². The van der Waals surface area contributed by atoms with Gasteiger partial charge in [0.2, 0.25) is 0 Å². The van der Waals surface area contributed by atoms with Gasteiger partial charge < -0.3 is 0 Å².